The Balaban J connectivity index is 1.27. The highest BCUT2D eigenvalue weighted by Gasteiger charge is 2.16. The molecule has 4 N–H and O–H groups in total. The van der Waals surface area contributed by atoms with E-state index >= 15 is 0 Å². The van der Waals surface area contributed by atoms with Gasteiger partial charge < -0.3 is 40.2 Å². The summed E-state index contributed by atoms with van der Waals surface area (Å²) in [4.78, 5) is 51.5. The van der Waals surface area contributed by atoms with Gasteiger partial charge in [0.2, 0.25) is 0 Å². The Morgan fingerprint density at radius 1 is 0.429 bits per heavy atom. The summed E-state index contributed by atoms with van der Waals surface area (Å²) >= 11 is 0. The molecule has 49 heavy (non-hydrogen) atoms. The molecule has 5 rings (SSSR count). The first-order valence-corrected chi connectivity index (χ1v) is 16.0. The van der Waals surface area contributed by atoms with Gasteiger partial charge in [0.1, 0.15) is 23.0 Å². The summed E-state index contributed by atoms with van der Waals surface area (Å²) in [5.41, 5.74) is 1.54. The fourth-order valence-corrected chi connectivity index (χ4v) is 4.88. The van der Waals surface area contributed by atoms with Crippen molar-refractivity contribution in [2.24, 2.45) is 0 Å². The first-order chi connectivity index (χ1) is 24.0. The standard InChI is InChI=1S/C37H38N4O8/c42-34-24-48-30-16-5-1-12-26(30)36(44)38-20-9-10-21-39-37(45)27-13-2-6-17-31(27)49-25-35(43)41-29-15-4-8-19-33(29)47-23-11-22-46-32-18-7-3-14-28(32)40-34/h1-8,12-19H,9-11,20-25H2,(H,38,44)(H,39,45)(H,40,42)(H,41,43). The molecule has 4 aromatic carbocycles. The minimum absolute atomic E-state index is 0.273. The average Bonchev–Trinajstić information content (AvgIpc) is 3.12. The van der Waals surface area contributed by atoms with Gasteiger partial charge >= 0.3 is 0 Å². The van der Waals surface area contributed by atoms with Crippen molar-refractivity contribution in [3.05, 3.63) is 108 Å². The van der Waals surface area contributed by atoms with Gasteiger partial charge in [-0.1, -0.05) is 48.5 Å². The maximum Gasteiger partial charge on any atom is 0.262 e. The Labute approximate surface area is 284 Å². The number of benzene rings is 4. The van der Waals surface area contributed by atoms with Gasteiger partial charge in [0, 0.05) is 19.5 Å². The van der Waals surface area contributed by atoms with Crippen LogP contribution in [0.15, 0.2) is 97.1 Å². The Bertz CT molecular complexity index is 1630. The summed E-state index contributed by atoms with van der Waals surface area (Å²) in [7, 11) is 0. The largest absolute Gasteiger partial charge is 0.491 e. The SMILES string of the molecule is O=C1COc2ccccc2C(=O)NCCCCNC(=O)c2ccccc2OCC(=O)Nc2ccccc2OCCCOc2ccccc2N1. The third-order valence-corrected chi connectivity index (χ3v) is 7.28. The molecule has 12 heteroatoms. The monoisotopic (exact) mass is 666 g/mol. The highest BCUT2D eigenvalue weighted by atomic mass is 16.5. The maximum absolute atomic E-state index is 12.9. The van der Waals surface area contributed by atoms with Gasteiger partial charge in [0.15, 0.2) is 13.2 Å². The lowest BCUT2D eigenvalue weighted by atomic mass is 10.1. The summed E-state index contributed by atoms with van der Waals surface area (Å²) in [6, 6.07) is 27.5. The molecule has 1 heterocycles. The lowest BCUT2D eigenvalue weighted by molar-refractivity contribution is -0.118. The normalized spacial score (nSPS) is 15.7. The number of amides is 4. The van der Waals surface area contributed by atoms with Crippen LogP contribution in [0.4, 0.5) is 11.4 Å². The highest BCUT2D eigenvalue weighted by molar-refractivity contribution is 5.98. The molecule has 4 amide bonds. The van der Waals surface area contributed by atoms with Gasteiger partial charge in [-0.2, -0.15) is 0 Å². The van der Waals surface area contributed by atoms with E-state index in [1.54, 1.807) is 97.1 Å². The topological polar surface area (TPSA) is 153 Å². The number of hydrogen-bond acceptors (Lipinski definition) is 8. The van der Waals surface area contributed by atoms with E-state index in [1.807, 2.05) is 0 Å². The molecule has 0 unspecified atom stereocenters. The number of hydrogen-bond donors (Lipinski definition) is 4. The van der Waals surface area contributed by atoms with Gasteiger partial charge in [0.25, 0.3) is 23.6 Å². The Morgan fingerprint density at radius 3 is 1.27 bits per heavy atom. The summed E-state index contributed by atoms with van der Waals surface area (Å²) in [5, 5.41) is 11.3. The second kappa shape index (κ2) is 17.8. The summed E-state index contributed by atoms with van der Waals surface area (Å²) in [6.45, 7) is 0.668. The zero-order valence-electron chi connectivity index (χ0n) is 26.9. The molecular formula is C37H38N4O8. The third-order valence-electron chi connectivity index (χ3n) is 7.28. The first kappa shape index (κ1) is 34.3. The number of para-hydroxylation sites is 6. The molecule has 0 aliphatic carbocycles. The van der Waals surface area contributed by atoms with Crippen LogP contribution in [-0.4, -0.2) is 63.1 Å². The minimum Gasteiger partial charge on any atom is -0.491 e. The molecule has 0 spiro atoms. The van der Waals surface area contributed by atoms with Crippen LogP contribution in [0.25, 0.3) is 0 Å². The van der Waals surface area contributed by atoms with Gasteiger partial charge in [-0.3, -0.25) is 19.2 Å². The van der Waals surface area contributed by atoms with Crippen LogP contribution in [0.2, 0.25) is 0 Å². The number of ether oxygens (including phenoxy) is 4. The van der Waals surface area contributed by atoms with Crippen molar-refractivity contribution >= 4 is 35.0 Å². The maximum atomic E-state index is 12.9. The Hall–Kier alpha value is -6.04. The first-order valence-electron chi connectivity index (χ1n) is 16.0. The van der Waals surface area contributed by atoms with Crippen LogP contribution < -0.4 is 40.2 Å². The Kier molecular flexibility index (Phi) is 12.4. The molecule has 0 radical (unpaired) electrons. The van der Waals surface area contributed by atoms with Crippen LogP contribution in [0.1, 0.15) is 40.0 Å². The van der Waals surface area contributed by atoms with Gasteiger partial charge in [-0.25, -0.2) is 0 Å². The predicted molar refractivity (Wildman–Crippen MR) is 184 cm³/mol. The van der Waals surface area contributed by atoms with E-state index in [9.17, 15) is 19.2 Å². The number of rotatable bonds is 0. The van der Waals surface area contributed by atoms with E-state index < -0.39 is 11.8 Å². The molecule has 1 aliphatic rings. The lowest BCUT2D eigenvalue weighted by Gasteiger charge is -2.15. The number of carbonyl (C=O) groups excluding carboxylic acids is 4. The molecule has 254 valence electrons. The second-order valence-electron chi connectivity index (χ2n) is 10.9. The molecule has 1 aliphatic heterocycles. The van der Waals surface area contributed by atoms with E-state index in [4.69, 9.17) is 18.9 Å². The summed E-state index contributed by atoms with van der Waals surface area (Å²) in [6.07, 6.45) is 1.71. The zero-order valence-corrected chi connectivity index (χ0v) is 26.9. The van der Waals surface area contributed by atoms with Crippen LogP contribution in [0.5, 0.6) is 23.0 Å². The average molecular weight is 667 g/mol. The summed E-state index contributed by atoms with van der Waals surface area (Å²) in [5.74, 6) is -0.0311. The van der Waals surface area contributed by atoms with Crippen molar-refractivity contribution in [3.63, 3.8) is 0 Å². The molecule has 0 aromatic heterocycles. The molecule has 12 nitrogen and oxygen atoms in total. The molecule has 0 fully saturated rings. The predicted octanol–water partition coefficient (Wildman–Crippen LogP) is 4.82. The quantitative estimate of drug-likeness (QED) is 0.208. The highest BCUT2D eigenvalue weighted by Crippen LogP contribution is 2.26. The van der Waals surface area contributed by atoms with Crippen LogP contribution in [0, 0.1) is 0 Å². The molecule has 0 saturated heterocycles. The van der Waals surface area contributed by atoms with Crippen molar-refractivity contribution < 1.29 is 38.1 Å². The number of anilines is 2. The van der Waals surface area contributed by atoms with Gasteiger partial charge in [-0.15, -0.1) is 0 Å². The van der Waals surface area contributed by atoms with Crippen LogP contribution in [0.3, 0.4) is 0 Å². The zero-order chi connectivity index (χ0) is 34.3. The van der Waals surface area contributed by atoms with Crippen molar-refractivity contribution in [2.45, 2.75) is 19.3 Å². The molecule has 0 atom stereocenters. The lowest BCUT2D eigenvalue weighted by Crippen LogP contribution is -2.28. The molecule has 0 bridgehead atoms. The van der Waals surface area contributed by atoms with E-state index in [-0.39, 0.29) is 36.5 Å². The van der Waals surface area contributed by atoms with Crippen molar-refractivity contribution in [1.29, 1.82) is 0 Å². The minimum atomic E-state index is -0.424. The van der Waals surface area contributed by atoms with Crippen LogP contribution in [-0.2, 0) is 9.59 Å². The van der Waals surface area contributed by atoms with E-state index in [2.05, 4.69) is 21.3 Å². The molecular weight excluding hydrogens is 628 g/mol. The third kappa shape index (κ3) is 10.2. The van der Waals surface area contributed by atoms with E-state index in [0.717, 1.165) is 0 Å². The molecule has 4 aromatic rings. The van der Waals surface area contributed by atoms with Crippen molar-refractivity contribution in [3.8, 4) is 23.0 Å². The van der Waals surface area contributed by atoms with Crippen molar-refractivity contribution in [1.82, 2.24) is 10.6 Å². The van der Waals surface area contributed by atoms with Gasteiger partial charge in [0.05, 0.1) is 35.7 Å². The number of carbonyl (C=O) groups is 4. The fourth-order valence-electron chi connectivity index (χ4n) is 4.88. The smallest absolute Gasteiger partial charge is 0.262 e. The summed E-state index contributed by atoms with van der Waals surface area (Å²) < 4.78 is 23.3. The Morgan fingerprint density at radius 2 is 0.816 bits per heavy atom. The number of nitrogens with one attached hydrogen (secondary N) is 4. The van der Waals surface area contributed by atoms with E-state index in [0.29, 0.717) is 79.6 Å². The fraction of sp³-hybridized carbons (Fsp3) is 0.243. The van der Waals surface area contributed by atoms with Gasteiger partial charge in [-0.05, 0) is 61.4 Å². The second-order valence-corrected chi connectivity index (χ2v) is 10.9. The number of fused-ring (bicyclic) bond motifs is 4. The van der Waals surface area contributed by atoms with Crippen LogP contribution >= 0.6 is 0 Å². The molecule has 0 saturated carbocycles. The van der Waals surface area contributed by atoms with Crippen molar-refractivity contribution in [2.75, 3.05) is 50.2 Å². The van der Waals surface area contributed by atoms with E-state index in [1.165, 1.54) is 0 Å².